The molecule has 0 saturated heterocycles. The minimum absolute atomic E-state index is 0.0316. The maximum atomic E-state index is 11.2. The van der Waals surface area contributed by atoms with Gasteiger partial charge in [0.1, 0.15) is 0 Å². The highest BCUT2D eigenvalue weighted by Crippen LogP contribution is 2.26. The largest absolute Gasteiger partial charge is 0.359 e. The zero-order valence-corrected chi connectivity index (χ0v) is 13.9. The maximum absolute atomic E-state index is 11.2. The van der Waals surface area contributed by atoms with E-state index in [-0.39, 0.29) is 12.5 Å². The van der Waals surface area contributed by atoms with Crippen molar-refractivity contribution in [3.05, 3.63) is 59.8 Å². The fourth-order valence-electron chi connectivity index (χ4n) is 2.59. The minimum atomic E-state index is -0.205. The van der Waals surface area contributed by atoms with Crippen LogP contribution >= 0.6 is 0 Å². The van der Waals surface area contributed by atoms with Crippen LogP contribution in [0.2, 0.25) is 0 Å². The molecule has 1 heterocycles. The molecule has 0 atom stereocenters. The molecular weight excluding hydrogens is 318 g/mol. The number of aryl methyl sites for hydroxylation is 1. The number of hydrogen-bond acceptors (Lipinski definition) is 5. The Morgan fingerprint density at radius 3 is 2.72 bits per heavy atom. The van der Waals surface area contributed by atoms with E-state index >= 15 is 0 Å². The van der Waals surface area contributed by atoms with Crippen LogP contribution in [0.15, 0.2) is 48.7 Å². The Balaban J connectivity index is 1.70. The number of benzene rings is 2. The van der Waals surface area contributed by atoms with Gasteiger partial charge in [-0.1, -0.05) is 24.3 Å². The van der Waals surface area contributed by atoms with Crippen LogP contribution in [-0.2, 0) is 11.3 Å². The van der Waals surface area contributed by atoms with Gasteiger partial charge in [-0.25, -0.2) is 0 Å². The maximum Gasteiger partial charge on any atom is 0.234 e. The van der Waals surface area contributed by atoms with Crippen molar-refractivity contribution in [2.45, 2.75) is 13.5 Å². The average Bonchev–Trinajstić information content (AvgIpc) is 3.02. The summed E-state index contributed by atoms with van der Waals surface area (Å²) in [7, 11) is 0. The van der Waals surface area contributed by atoms with Crippen molar-refractivity contribution in [3.8, 4) is 0 Å². The molecule has 25 heavy (non-hydrogen) atoms. The summed E-state index contributed by atoms with van der Waals surface area (Å²) in [6, 6.07) is 13.0. The molecule has 1 amide bonds. The van der Waals surface area contributed by atoms with Crippen LogP contribution in [0.25, 0.3) is 10.9 Å². The molecule has 2 aromatic carbocycles. The first-order valence-electron chi connectivity index (χ1n) is 7.96. The second-order valence-corrected chi connectivity index (χ2v) is 5.77. The van der Waals surface area contributed by atoms with Gasteiger partial charge in [-0.15, -0.1) is 0 Å². The molecule has 7 heteroatoms. The van der Waals surface area contributed by atoms with E-state index in [0.29, 0.717) is 12.2 Å². The zero-order valence-electron chi connectivity index (χ0n) is 13.9. The molecule has 0 fully saturated rings. The van der Waals surface area contributed by atoms with Gasteiger partial charge in [-0.3, -0.25) is 15.4 Å². The van der Waals surface area contributed by atoms with Crippen molar-refractivity contribution in [2.75, 3.05) is 17.1 Å². The van der Waals surface area contributed by atoms with Gasteiger partial charge in [0.05, 0.1) is 23.4 Å². The van der Waals surface area contributed by atoms with Crippen molar-refractivity contribution in [1.82, 2.24) is 10.3 Å². The van der Waals surface area contributed by atoms with Crippen LogP contribution < -0.4 is 21.6 Å². The number of aromatic amines is 1. The van der Waals surface area contributed by atoms with Gasteiger partial charge in [0.15, 0.2) is 0 Å². The topological polar surface area (TPSA) is 106 Å². The van der Waals surface area contributed by atoms with Crippen molar-refractivity contribution in [1.29, 1.82) is 0 Å². The molecule has 130 valence electrons. The third-order valence-corrected chi connectivity index (χ3v) is 4.00. The van der Waals surface area contributed by atoms with Gasteiger partial charge in [-0.2, -0.15) is 5.17 Å². The second-order valence-electron chi connectivity index (χ2n) is 5.77. The first-order valence-corrected chi connectivity index (χ1v) is 7.96. The third kappa shape index (κ3) is 3.73. The number of para-hydroxylation sites is 1. The number of H-pyrrole nitrogens is 1. The second kappa shape index (κ2) is 7.25. The van der Waals surface area contributed by atoms with Gasteiger partial charge in [-0.05, 0) is 36.2 Å². The first-order chi connectivity index (χ1) is 12.1. The van der Waals surface area contributed by atoms with Crippen LogP contribution in [0.3, 0.4) is 0 Å². The summed E-state index contributed by atoms with van der Waals surface area (Å²) in [5.74, 6) is -0.205. The zero-order chi connectivity index (χ0) is 17.8. The number of fused-ring (bicyclic) bond motifs is 1. The molecule has 6 N–H and O–H groups in total. The highest BCUT2D eigenvalue weighted by molar-refractivity contribution is 5.93. The first kappa shape index (κ1) is 16.8. The van der Waals surface area contributed by atoms with Crippen molar-refractivity contribution in [2.24, 2.45) is 5.73 Å². The Morgan fingerprint density at radius 2 is 2.00 bits per heavy atom. The van der Waals surface area contributed by atoms with Crippen LogP contribution in [0, 0.1) is 6.92 Å². The SMILES string of the molecule is Cc1c[nH]c2c(NN(O)c3ccc(CNC(=O)CN)cc3)cccc12. The Hall–Kier alpha value is -3.03. The Morgan fingerprint density at radius 1 is 1.24 bits per heavy atom. The lowest BCUT2D eigenvalue weighted by molar-refractivity contribution is -0.119. The molecule has 3 aromatic rings. The normalized spacial score (nSPS) is 10.7. The van der Waals surface area contributed by atoms with E-state index in [1.54, 1.807) is 12.1 Å². The molecule has 0 aliphatic carbocycles. The standard InChI is InChI=1S/C18H21N5O2/c1-12-10-21-18-15(12)3-2-4-16(18)22-23(25)14-7-5-13(6-8-14)11-20-17(24)9-19/h2-8,10,21-22,25H,9,11,19H2,1H3,(H,20,24). The van der Waals surface area contributed by atoms with E-state index in [1.807, 2.05) is 43.5 Å². The average molecular weight is 339 g/mol. The summed E-state index contributed by atoms with van der Waals surface area (Å²) in [4.78, 5) is 14.4. The van der Waals surface area contributed by atoms with E-state index in [4.69, 9.17) is 5.73 Å². The fourth-order valence-corrected chi connectivity index (χ4v) is 2.59. The van der Waals surface area contributed by atoms with Gasteiger partial charge >= 0.3 is 0 Å². The van der Waals surface area contributed by atoms with Crippen LogP contribution in [0.4, 0.5) is 11.4 Å². The van der Waals surface area contributed by atoms with Crippen LogP contribution in [0.1, 0.15) is 11.1 Å². The number of amides is 1. The van der Waals surface area contributed by atoms with Gasteiger partial charge < -0.3 is 16.0 Å². The molecule has 0 aliphatic rings. The highest BCUT2D eigenvalue weighted by atomic mass is 16.5. The van der Waals surface area contributed by atoms with Crippen LogP contribution in [-0.4, -0.2) is 22.6 Å². The van der Waals surface area contributed by atoms with Crippen molar-refractivity contribution >= 4 is 28.2 Å². The smallest absolute Gasteiger partial charge is 0.234 e. The van der Waals surface area contributed by atoms with E-state index < -0.39 is 0 Å². The van der Waals surface area contributed by atoms with E-state index in [2.05, 4.69) is 15.7 Å². The minimum Gasteiger partial charge on any atom is -0.359 e. The molecule has 0 aliphatic heterocycles. The lowest BCUT2D eigenvalue weighted by Crippen LogP contribution is -2.29. The molecule has 1 aromatic heterocycles. The molecule has 0 unspecified atom stereocenters. The Bertz CT molecular complexity index is 873. The number of nitrogens with two attached hydrogens (primary N) is 1. The molecule has 0 bridgehead atoms. The molecule has 3 rings (SSSR count). The van der Waals surface area contributed by atoms with Gasteiger partial charge in [0.2, 0.25) is 5.91 Å². The lowest BCUT2D eigenvalue weighted by atomic mass is 10.2. The molecular formula is C18H21N5O2. The number of aromatic nitrogens is 1. The summed E-state index contributed by atoms with van der Waals surface area (Å²) in [6.07, 6.45) is 1.93. The molecule has 7 nitrogen and oxygen atoms in total. The number of rotatable bonds is 6. The molecule has 0 radical (unpaired) electrons. The quantitative estimate of drug-likeness (QED) is 0.443. The molecule has 0 saturated carbocycles. The number of anilines is 2. The number of hydrogen-bond donors (Lipinski definition) is 5. The predicted molar refractivity (Wildman–Crippen MR) is 98.3 cm³/mol. The summed E-state index contributed by atoms with van der Waals surface area (Å²) in [5.41, 5.74) is 12.6. The number of carbonyl (C=O) groups is 1. The van der Waals surface area contributed by atoms with E-state index in [1.165, 1.54) is 0 Å². The number of carbonyl (C=O) groups excluding carboxylic acids is 1. The van der Waals surface area contributed by atoms with E-state index in [0.717, 1.165) is 32.9 Å². The predicted octanol–water partition coefficient (Wildman–Crippen LogP) is 2.27. The Kier molecular flexibility index (Phi) is 4.87. The fraction of sp³-hybridized carbons (Fsp3) is 0.167. The van der Waals surface area contributed by atoms with Gasteiger partial charge in [0.25, 0.3) is 0 Å². The third-order valence-electron chi connectivity index (χ3n) is 4.00. The van der Waals surface area contributed by atoms with Crippen LogP contribution in [0.5, 0.6) is 0 Å². The highest BCUT2D eigenvalue weighted by Gasteiger charge is 2.08. The van der Waals surface area contributed by atoms with Crippen molar-refractivity contribution in [3.63, 3.8) is 0 Å². The number of hydrazine groups is 1. The summed E-state index contributed by atoms with van der Waals surface area (Å²) < 4.78 is 0. The van der Waals surface area contributed by atoms with Gasteiger partial charge in [0, 0.05) is 18.1 Å². The number of nitrogens with one attached hydrogen (secondary N) is 3. The summed E-state index contributed by atoms with van der Waals surface area (Å²) >= 11 is 0. The summed E-state index contributed by atoms with van der Waals surface area (Å²) in [6.45, 7) is 2.40. The Labute approximate surface area is 145 Å². The monoisotopic (exact) mass is 339 g/mol. The molecule has 0 spiro atoms. The van der Waals surface area contributed by atoms with Crippen molar-refractivity contribution < 1.29 is 10.0 Å². The lowest BCUT2D eigenvalue weighted by Gasteiger charge is -2.20. The van der Waals surface area contributed by atoms with E-state index in [9.17, 15) is 10.0 Å². The summed E-state index contributed by atoms with van der Waals surface area (Å²) in [5, 5.41) is 15.1. The number of nitrogens with zero attached hydrogens (tertiary/aromatic N) is 1.